The molecule has 21 heavy (non-hydrogen) atoms. The Morgan fingerprint density at radius 3 is 2.67 bits per heavy atom. The molecule has 0 spiro atoms. The van der Waals surface area contributed by atoms with Gasteiger partial charge in [0.05, 0.1) is 15.9 Å². The summed E-state index contributed by atoms with van der Waals surface area (Å²) in [5, 5.41) is 4.53. The zero-order valence-electron chi connectivity index (χ0n) is 12.3. The van der Waals surface area contributed by atoms with Crippen LogP contribution in [0.15, 0.2) is 39.7 Å². The van der Waals surface area contributed by atoms with Crippen LogP contribution in [-0.2, 0) is 19.9 Å². The zero-order chi connectivity index (χ0) is 15.2. The molecule has 2 rings (SSSR count). The lowest BCUT2D eigenvalue weighted by atomic mass is 10.1. The van der Waals surface area contributed by atoms with Crippen molar-refractivity contribution in [2.45, 2.75) is 30.7 Å². The number of rotatable bonds is 7. The van der Waals surface area contributed by atoms with Crippen molar-refractivity contribution in [3.8, 4) is 0 Å². The molecule has 1 aromatic carbocycles. The Balaban J connectivity index is 2.01. The monoisotopic (exact) mass is 368 g/mol. The van der Waals surface area contributed by atoms with E-state index in [0.29, 0.717) is 0 Å². The first-order valence-corrected chi connectivity index (χ1v) is 8.77. The number of hydrogen-bond acceptors (Lipinski definition) is 4. The van der Waals surface area contributed by atoms with Gasteiger partial charge < -0.3 is 0 Å². The molecule has 3 N–H and O–H groups in total. The molecule has 0 aliphatic heterocycles. The predicted molar refractivity (Wildman–Crippen MR) is 92.3 cm³/mol. The van der Waals surface area contributed by atoms with Crippen molar-refractivity contribution in [3.05, 3.63) is 46.2 Å². The molecular weight excluding hydrogens is 348 g/mol. The van der Waals surface area contributed by atoms with Gasteiger partial charge in [0.15, 0.2) is 0 Å². The highest BCUT2D eigenvalue weighted by atomic mass is 79.9. The molecule has 1 unspecified atom stereocenters. The second-order valence-electron chi connectivity index (χ2n) is 4.88. The minimum absolute atomic E-state index is 0.201. The van der Waals surface area contributed by atoms with Gasteiger partial charge in [0.2, 0.25) is 0 Å². The van der Waals surface area contributed by atoms with Gasteiger partial charge in [-0.3, -0.25) is 16.0 Å². The molecule has 6 heteroatoms. The number of thioether (sulfide) groups is 1. The van der Waals surface area contributed by atoms with E-state index in [0.717, 1.165) is 28.8 Å². The average Bonchev–Trinajstić information content (AvgIpc) is 2.79. The SMILES string of the molecule is CCc1nn(C)c(CC(CSc2ccccc2)NN)c1Br. The minimum atomic E-state index is 0.201. The summed E-state index contributed by atoms with van der Waals surface area (Å²) in [6.07, 6.45) is 1.77. The highest BCUT2D eigenvalue weighted by Gasteiger charge is 2.17. The van der Waals surface area contributed by atoms with Crippen molar-refractivity contribution in [1.82, 2.24) is 15.2 Å². The van der Waals surface area contributed by atoms with Gasteiger partial charge in [-0.2, -0.15) is 5.10 Å². The van der Waals surface area contributed by atoms with E-state index in [1.165, 1.54) is 10.6 Å². The number of nitrogens with two attached hydrogens (primary N) is 1. The number of halogens is 1. The smallest absolute Gasteiger partial charge is 0.0766 e. The van der Waals surface area contributed by atoms with Gasteiger partial charge in [-0.25, -0.2) is 0 Å². The molecular formula is C15H21BrN4S. The van der Waals surface area contributed by atoms with Crippen LogP contribution in [0.2, 0.25) is 0 Å². The highest BCUT2D eigenvalue weighted by molar-refractivity contribution is 9.10. The summed E-state index contributed by atoms with van der Waals surface area (Å²) in [4.78, 5) is 1.26. The topological polar surface area (TPSA) is 55.9 Å². The molecule has 0 radical (unpaired) electrons. The zero-order valence-corrected chi connectivity index (χ0v) is 14.7. The summed E-state index contributed by atoms with van der Waals surface area (Å²) in [6.45, 7) is 2.11. The number of nitrogens with one attached hydrogen (secondary N) is 1. The molecule has 0 saturated carbocycles. The Bertz CT molecular complexity index is 571. The van der Waals surface area contributed by atoms with E-state index in [1.807, 2.05) is 29.6 Å². The van der Waals surface area contributed by atoms with E-state index in [-0.39, 0.29) is 6.04 Å². The number of nitrogens with zero attached hydrogens (tertiary/aromatic N) is 2. The second kappa shape index (κ2) is 7.98. The van der Waals surface area contributed by atoms with Crippen LogP contribution < -0.4 is 11.3 Å². The normalized spacial score (nSPS) is 12.6. The van der Waals surface area contributed by atoms with Gasteiger partial charge in [0, 0.05) is 30.2 Å². The lowest BCUT2D eigenvalue weighted by Gasteiger charge is -2.16. The van der Waals surface area contributed by atoms with Crippen LogP contribution in [0.1, 0.15) is 18.3 Å². The fraction of sp³-hybridized carbons (Fsp3) is 0.400. The van der Waals surface area contributed by atoms with Crippen molar-refractivity contribution < 1.29 is 0 Å². The van der Waals surface area contributed by atoms with E-state index in [1.54, 1.807) is 0 Å². The summed E-state index contributed by atoms with van der Waals surface area (Å²) in [6, 6.07) is 10.6. The van der Waals surface area contributed by atoms with Crippen LogP contribution in [0.3, 0.4) is 0 Å². The first kappa shape index (κ1) is 16.5. The molecule has 0 saturated heterocycles. The Morgan fingerprint density at radius 2 is 2.10 bits per heavy atom. The van der Waals surface area contributed by atoms with Crippen molar-refractivity contribution in [2.24, 2.45) is 12.9 Å². The Hall–Kier alpha value is -0.820. The standard InChI is InChI=1S/C15H21BrN4S/c1-3-13-15(16)14(20(2)19-13)9-11(18-17)10-21-12-7-5-4-6-8-12/h4-8,11,18H,3,9-10,17H2,1-2H3. The van der Waals surface area contributed by atoms with Gasteiger partial charge >= 0.3 is 0 Å². The first-order chi connectivity index (χ1) is 10.2. The molecule has 1 aromatic heterocycles. The minimum Gasteiger partial charge on any atom is -0.271 e. The molecule has 0 aliphatic rings. The molecule has 114 valence electrons. The molecule has 1 heterocycles. The van der Waals surface area contributed by atoms with Crippen molar-refractivity contribution in [1.29, 1.82) is 0 Å². The van der Waals surface area contributed by atoms with E-state index >= 15 is 0 Å². The summed E-state index contributed by atoms with van der Waals surface area (Å²) < 4.78 is 3.05. The van der Waals surface area contributed by atoms with Crippen LogP contribution in [-0.4, -0.2) is 21.6 Å². The summed E-state index contributed by atoms with van der Waals surface area (Å²) in [7, 11) is 1.98. The summed E-state index contributed by atoms with van der Waals surface area (Å²) >= 11 is 5.47. The maximum atomic E-state index is 5.72. The third-order valence-electron chi connectivity index (χ3n) is 3.37. The van der Waals surface area contributed by atoms with Gasteiger partial charge in [0.25, 0.3) is 0 Å². The molecule has 0 fully saturated rings. The van der Waals surface area contributed by atoms with Crippen LogP contribution in [0.4, 0.5) is 0 Å². The van der Waals surface area contributed by atoms with Crippen LogP contribution in [0, 0.1) is 0 Å². The van der Waals surface area contributed by atoms with Crippen molar-refractivity contribution in [3.63, 3.8) is 0 Å². The van der Waals surface area contributed by atoms with E-state index in [2.05, 4.69) is 57.6 Å². The fourth-order valence-electron chi connectivity index (χ4n) is 2.15. The maximum absolute atomic E-state index is 5.72. The summed E-state index contributed by atoms with van der Waals surface area (Å²) in [5.41, 5.74) is 5.20. The maximum Gasteiger partial charge on any atom is 0.0766 e. The second-order valence-corrected chi connectivity index (χ2v) is 6.76. The lowest BCUT2D eigenvalue weighted by Crippen LogP contribution is -2.39. The van der Waals surface area contributed by atoms with Crippen molar-refractivity contribution >= 4 is 27.7 Å². The molecule has 0 amide bonds. The van der Waals surface area contributed by atoms with Crippen LogP contribution in [0.25, 0.3) is 0 Å². The fourth-order valence-corrected chi connectivity index (χ4v) is 3.89. The van der Waals surface area contributed by atoms with Gasteiger partial charge in [0.1, 0.15) is 0 Å². The molecule has 1 atom stereocenters. The third kappa shape index (κ3) is 4.32. The largest absolute Gasteiger partial charge is 0.271 e. The molecule has 0 bridgehead atoms. The quantitative estimate of drug-likeness (QED) is 0.448. The Morgan fingerprint density at radius 1 is 1.38 bits per heavy atom. The number of aryl methyl sites for hydroxylation is 2. The lowest BCUT2D eigenvalue weighted by molar-refractivity contribution is 0.549. The van der Waals surface area contributed by atoms with Gasteiger partial charge in [-0.1, -0.05) is 25.1 Å². The van der Waals surface area contributed by atoms with E-state index in [4.69, 9.17) is 5.84 Å². The number of hydrogen-bond donors (Lipinski definition) is 2. The molecule has 4 nitrogen and oxygen atoms in total. The van der Waals surface area contributed by atoms with E-state index < -0.39 is 0 Å². The number of hydrazine groups is 1. The Kier molecular flexibility index (Phi) is 6.29. The molecule has 0 aliphatic carbocycles. The number of aromatic nitrogens is 2. The van der Waals surface area contributed by atoms with E-state index in [9.17, 15) is 0 Å². The van der Waals surface area contributed by atoms with Gasteiger partial charge in [-0.05, 0) is 34.5 Å². The first-order valence-electron chi connectivity index (χ1n) is 6.99. The third-order valence-corrected chi connectivity index (χ3v) is 5.46. The number of benzene rings is 1. The Labute approximate surface area is 138 Å². The van der Waals surface area contributed by atoms with Crippen molar-refractivity contribution in [2.75, 3.05) is 5.75 Å². The average molecular weight is 369 g/mol. The molecule has 2 aromatic rings. The predicted octanol–water partition coefficient (Wildman–Crippen LogP) is 2.91. The van der Waals surface area contributed by atoms with Gasteiger partial charge in [-0.15, -0.1) is 11.8 Å². The highest BCUT2D eigenvalue weighted by Crippen LogP contribution is 2.24. The summed E-state index contributed by atoms with van der Waals surface area (Å²) in [5.74, 6) is 6.63. The van der Waals surface area contributed by atoms with Crippen LogP contribution in [0.5, 0.6) is 0 Å². The van der Waals surface area contributed by atoms with Crippen LogP contribution >= 0.6 is 27.7 Å².